The summed E-state index contributed by atoms with van der Waals surface area (Å²) in [4.78, 5) is 42.0. The fourth-order valence-electron chi connectivity index (χ4n) is 6.41. The van der Waals surface area contributed by atoms with Crippen LogP contribution < -0.4 is 5.32 Å². The number of esters is 1. The molecule has 2 bridgehead atoms. The highest BCUT2D eigenvalue weighted by molar-refractivity contribution is 5.98. The van der Waals surface area contributed by atoms with Gasteiger partial charge in [-0.3, -0.25) is 14.4 Å². The Morgan fingerprint density at radius 1 is 1.37 bits per heavy atom. The highest BCUT2D eigenvalue weighted by Gasteiger charge is 2.80. The molecule has 1 aromatic heterocycles. The van der Waals surface area contributed by atoms with Crippen molar-refractivity contribution >= 4 is 28.8 Å². The second-order valence-electron chi connectivity index (χ2n) is 10.0. The fourth-order valence-corrected chi connectivity index (χ4v) is 6.41. The van der Waals surface area contributed by atoms with E-state index in [9.17, 15) is 19.5 Å². The first-order valence-corrected chi connectivity index (χ1v) is 12.0. The predicted octanol–water partition coefficient (Wildman–Crippen LogP) is 0.460. The lowest BCUT2D eigenvalue weighted by atomic mass is 9.62. The van der Waals surface area contributed by atoms with E-state index in [-0.39, 0.29) is 31.7 Å². The Labute approximate surface area is 202 Å². The molecule has 7 atom stereocenters. The SMILES string of the molecule is CCOC(=O)[C@H]1[C@H]2C(=O)N([C@H](C)CO)C(C(=O)NCn3nnc4ccccc43)C23CC(C)[C@]1(C)O3. The number of aromatic nitrogens is 3. The molecule has 3 aliphatic rings. The van der Waals surface area contributed by atoms with Crippen LogP contribution in [-0.2, 0) is 30.5 Å². The van der Waals surface area contributed by atoms with Crippen molar-refractivity contribution in [3.8, 4) is 0 Å². The molecule has 2 aromatic rings. The average molecular weight is 486 g/mol. The molecule has 0 saturated carbocycles. The van der Waals surface area contributed by atoms with Gasteiger partial charge in [-0.05, 0) is 45.2 Å². The zero-order chi connectivity index (χ0) is 25.1. The van der Waals surface area contributed by atoms with Crippen molar-refractivity contribution in [1.82, 2.24) is 25.2 Å². The summed E-state index contributed by atoms with van der Waals surface area (Å²) in [5.41, 5.74) is -0.667. The highest BCUT2D eigenvalue weighted by Crippen LogP contribution is 2.65. The second kappa shape index (κ2) is 8.27. The van der Waals surface area contributed by atoms with Crippen LogP contribution in [0, 0.1) is 17.8 Å². The molecule has 1 aromatic carbocycles. The molecule has 35 heavy (non-hydrogen) atoms. The van der Waals surface area contributed by atoms with Crippen LogP contribution in [0.1, 0.15) is 34.1 Å². The molecule has 3 aliphatic heterocycles. The van der Waals surface area contributed by atoms with Gasteiger partial charge in [0.1, 0.15) is 29.7 Å². The van der Waals surface area contributed by atoms with Gasteiger partial charge in [-0.15, -0.1) is 5.10 Å². The summed E-state index contributed by atoms with van der Waals surface area (Å²) in [6.45, 7) is 7.08. The predicted molar refractivity (Wildman–Crippen MR) is 122 cm³/mol. The Hall–Kier alpha value is -3.05. The summed E-state index contributed by atoms with van der Waals surface area (Å²) in [5, 5.41) is 21.0. The van der Waals surface area contributed by atoms with Gasteiger partial charge < -0.3 is 24.8 Å². The quantitative estimate of drug-likeness (QED) is 0.540. The van der Waals surface area contributed by atoms with Gasteiger partial charge >= 0.3 is 5.97 Å². The minimum absolute atomic E-state index is 0.0419. The van der Waals surface area contributed by atoms with Crippen molar-refractivity contribution < 1.29 is 29.0 Å². The lowest BCUT2D eigenvalue weighted by molar-refractivity contribution is -0.162. The second-order valence-corrected chi connectivity index (χ2v) is 10.0. The summed E-state index contributed by atoms with van der Waals surface area (Å²) >= 11 is 0. The summed E-state index contributed by atoms with van der Waals surface area (Å²) in [6, 6.07) is 5.74. The third-order valence-corrected chi connectivity index (χ3v) is 8.10. The number of benzene rings is 1. The standard InChI is InChI=1S/C24H31N5O6/c1-5-34-22(33)18-17-21(32)29(14(3)11-30)19(24(17)10-13(2)23(18,4)35-24)20(31)25-12-28-16-9-7-6-8-15(16)26-27-28/h6-9,13-14,17-19,30H,5,10-12H2,1-4H3,(H,25,31)/t13?,14-,17+,18-,19?,23+,24?/m1/s1. The number of para-hydroxylation sites is 1. The number of hydrogen-bond donors (Lipinski definition) is 2. The fraction of sp³-hybridized carbons (Fsp3) is 0.625. The maximum atomic E-state index is 13.8. The number of carbonyl (C=O) groups excluding carboxylic acids is 3. The number of amides is 2. The largest absolute Gasteiger partial charge is 0.466 e. The number of ether oxygens (including phenoxy) is 2. The molecule has 3 fully saturated rings. The molecule has 3 unspecified atom stereocenters. The summed E-state index contributed by atoms with van der Waals surface area (Å²) in [5.74, 6) is -3.06. The van der Waals surface area contributed by atoms with Gasteiger partial charge in [0, 0.05) is 0 Å². The molecule has 4 heterocycles. The van der Waals surface area contributed by atoms with E-state index in [1.165, 1.54) is 4.90 Å². The van der Waals surface area contributed by atoms with Crippen LogP contribution in [0.2, 0.25) is 0 Å². The molecular weight excluding hydrogens is 454 g/mol. The van der Waals surface area contributed by atoms with E-state index in [1.807, 2.05) is 38.1 Å². The summed E-state index contributed by atoms with van der Waals surface area (Å²) in [7, 11) is 0. The van der Waals surface area contributed by atoms with E-state index in [1.54, 1.807) is 18.5 Å². The number of fused-ring (bicyclic) bond motifs is 2. The van der Waals surface area contributed by atoms with E-state index in [0.717, 1.165) is 5.52 Å². The molecule has 2 amide bonds. The first-order valence-electron chi connectivity index (χ1n) is 12.0. The monoisotopic (exact) mass is 485 g/mol. The first-order chi connectivity index (χ1) is 16.7. The molecular formula is C24H31N5O6. The number of likely N-dealkylation sites (tertiary alicyclic amines) is 1. The third kappa shape index (κ3) is 3.21. The minimum Gasteiger partial charge on any atom is -0.466 e. The molecule has 0 radical (unpaired) electrons. The summed E-state index contributed by atoms with van der Waals surface area (Å²) in [6.07, 6.45) is 0.439. The Balaban J connectivity index is 1.50. The number of aliphatic hydroxyl groups excluding tert-OH is 1. The number of carbonyl (C=O) groups is 3. The van der Waals surface area contributed by atoms with Gasteiger partial charge in [0.15, 0.2) is 0 Å². The maximum absolute atomic E-state index is 13.8. The number of aliphatic hydroxyl groups is 1. The number of nitrogens with zero attached hydrogens (tertiary/aromatic N) is 4. The third-order valence-electron chi connectivity index (χ3n) is 8.10. The minimum atomic E-state index is -1.19. The Morgan fingerprint density at radius 2 is 2.11 bits per heavy atom. The summed E-state index contributed by atoms with van der Waals surface area (Å²) < 4.78 is 13.5. The van der Waals surface area contributed by atoms with E-state index in [0.29, 0.717) is 11.9 Å². The van der Waals surface area contributed by atoms with Crippen LogP contribution in [0.5, 0.6) is 0 Å². The molecule has 0 aliphatic carbocycles. The molecule has 5 rings (SSSR count). The van der Waals surface area contributed by atoms with Gasteiger partial charge in [-0.25, -0.2) is 4.68 Å². The van der Waals surface area contributed by atoms with Crippen molar-refractivity contribution in [2.45, 2.75) is 64.1 Å². The lowest BCUT2D eigenvalue weighted by Crippen LogP contribution is -2.57. The van der Waals surface area contributed by atoms with Crippen LogP contribution in [-0.4, -0.2) is 79.3 Å². The highest BCUT2D eigenvalue weighted by atomic mass is 16.6. The van der Waals surface area contributed by atoms with Gasteiger partial charge in [0.25, 0.3) is 0 Å². The number of nitrogens with one attached hydrogen (secondary N) is 1. The lowest BCUT2D eigenvalue weighted by Gasteiger charge is -2.36. The van der Waals surface area contributed by atoms with Crippen molar-refractivity contribution in [2.75, 3.05) is 13.2 Å². The Bertz CT molecular complexity index is 1180. The van der Waals surface area contributed by atoms with Crippen molar-refractivity contribution in [3.05, 3.63) is 24.3 Å². The number of rotatable bonds is 7. The van der Waals surface area contributed by atoms with E-state index in [4.69, 9.17) is 9.47 Å². The Morgan fingerprint density at radius 3 is 2.83 bits per heavy atom. The van der Waals surface area contributed by atoms with Gasteiger partial charge in [-0.1, -0.05) is 24.3 Å². The van der Waals surface area contributed by atoms with Crippen molar-refractivity contribution in [2.24, 2.45) is 17.8 Å². The van der Waals surface area contributed by atoms with Crippen LogP contribution in [0.3, 0.4) is 0 Å². The van der Waals surface area contributed by atoms with Crippen LogP contribution in [0.25, 0.3) is 11.0 Å². The van der Waals surface area contributed by atoms with Crippen LogP contribution in [0.4, 0.5) is 0 Å². The molecule has 1 spiro atoms. The first kappa shape index (κ1) is 23.7. The van der Waals surface area contributed by atoms with Gasteiger partial charge in [-0.2, -0.15) is 0 Å². The molecule has 11 heteroatoms. The van der Waals surface area contributed by atoms with Gasteiger partial charge in [0.05, 0.1) is 36.3 Å². The smallest absolute Gasteiger partial charge is 0.312 e. The molecule has 3 saturated heterocycles. The van der Waals surface area contributed by atoms with E-state index >= 15 is 0 Å². The van der Waals surface area contributed by atoms with Crippen molar-refractivity contribution in [1.29, 1.82) is 0 Å². The van der Waals surface area contributed by atoms with Crippen molar-refractivity contribution in [3.63, 3.8) is 0 Å². The zero-order valence-corrected chi connectivity index (χ0v) is 20.3. The maximum Gasteiger partial charge on any atom is 0.312 e. The molecule has 11 nitrogen and oxygen atoms in total. The Kier molecular flexibility index (Phi) is 5.59. The molecule has 2 N–H and O–H groups in total. The van der Waals surface area contributed by atoms with E-state index < -0.39 is 47.0 Å². The zero-order valence-electron chi connectivity index (χ0n) is 20.3. The van der Waals surface area contributed by atoms with E-state index in [2.05, 4.69) is 15.6 Å². The average Bonchev–Trinajstić information content (AvgIpc) is 3.50. The van der Waals surface area contributed by atoms with Crippen LogP contribution in [0.15, 0.2) is 24.3 Å². The number of hydrogen-bond acceptors (Lipinski definition) is 8. The molecule has 188 valence electrons. The van der Waals surface area contributed by atoms with Gasteiger partial charge in [0.2, 0.25) is 11.8 Å². The normalized spacial score (nSPS) is 34.3. The topological polar surface area (TPSA) is 136 Å². The van der Waals surface area contributed by atoms with Crippen LogP contribution >= 0.6 is 0 Å².